The summed E-state index contributed by atoms with van der Waals surface area (Å²) in [6.45, 7) is 0.402. The highest BCUT2D eigenvalue weighted by Gasteiger charge is 2.33. The van der Waals surface area contributed by atoms with E-state index in [2.05, 4.69) is 5.32 Å². The zero-order valence-electron chi connectivity index (χ0n) is 19.8. The molecular weight excluding hydrogens is 442 g/mol. The molecule has 1 aliphatic heterocycles. The molecule has 1 unspecified atom stereocenters. The molecule has 35 heavy (non-hydrogen) atoms. The first kappa shape index (κ1) is 24.4. The Hall–Kier alpha value is -3.68. The molecule has 0 saturated heterocycles. The summed E-state index contributed by atoms with van der Waals surface area (Å²) in [5.74, 6) is 0.116. The van der Waals surface area contributed by atoms with E-state index in [4.69, 9.17) is 4.74 Å². The number of para-hydroxylation sites is 1. The van der Waals surface area contributed by atoms with Gasteiger partial charge in [0.2, 0.25) is 5.91 Å². The van der Waals surface area contributed by atoms with E-state index in [-0.39, 0.29) is 5.91 Å². The van der Waals surface area contributed by atoms with Gasteiger partial charge in [-0.25, -0.2) is 5.48 Å². The molecule has 0 radical (unpaired) electrons. The number of hydrogen-bond donors (Lipinski definition) is 3. The summed E-state index contributed by atoms with van der Waals surface area (Å²) < 4.78 is 5.26. The Morgan fingerprint density at radius 2 is 1.74 bits per heavy atom. The number of carbonyl (C=O) groups excluding carboxylic acids is 2. The summed E-state index contributed by atoms with van der Waals surface area (Å²) in [5.41, 5.74) is 5.79. The molecule has 0 fully saturated rings. The van der Waals surface area contributed by atoms with Gasteiger partial charge in [0.1, 0.15) is 5.75 Å². The first-order valence-electron chi connectivity index (χ1n) is 11.8. The highest BCUT2D eigenvalue weighted by Crippen LogP contribution is 2.29. The topological polar surface area (TPSA) is 90.9 Å². The third kappa shape index (κ3) is 6.07. The lowest BCUT2D eigenvalue weighted by molar-refractivity contribution is -0.132. The second kappa shape index (κ2) is 11.6. The highest BCUT2D eigenvalue weighted by molar-refractivity contribution is 5.99. The molecule has 7 nitrogen and oxygen atoms in total. The Morgan fingerprint density at radius 1 is 1.03 bits per heavy atom. The van der Waals surface area contributed by atoms with Gasteiger partial charge in [-0.05, 0) is 60.6 Å². The molecule has 0 aliphatic carbocycles. The zero-order chi connectivity index (χ0) is 24.6. The van der Waals surface area contributed by atoms with Gasteiger partial charge in [0.25, 0.3) is 5.91 Å². The van der Waals surface area contributed by atoms with Crippen LogP contribution in [0.2, 0.25) is 0 Å². The van der Waals surface area contributed by atoms with Crippen LogP contribution < -0.4 is 20.4 Å². The van der Waals surface area contributed by atoms with Crippen LogP contribution in [0.25, 0.3) is 0 Å². The summed E-state index contributed by atoms with van der Waals surface area (Å²) in [5, 5.41) is 12.6. The van der Waals surface area contributed by atoms with E-state index in [0.717, 1.165) is 28.1 Å². The molecule has 0 bridgehead atoms. The fraction of sp³-hybridized carbons (Fsp3) is 0.286. The molecule has 1 aliphatic rings. The minimum Gasteiger partial charge on any atom is -0.497 e. The average Bonchev–Trinajstić information content (AvgIpc) is 3.03. The van der Waals surface area contributed by atoms with Gasteiger partial charge in [-0.15, -0.1) is 0 Å². The van der Waals surface area contributed by atoms with Crippen molar-refractivity contribution < 1.29 is 19.5 Å². The van der Waals surface area contributed by atoms with E-state index >= 15 is 0 Å². The van der Waals surface area contributed by atoms with E-state index in [1.165, 1.54) is 0 Å². The second-order valence-electron chi connectivity index (χ2n) is 8.71. The second-order valence-corrected chi connectivity index (χ2v) is 8.71. The van der Waals surface area contributed by atoms with Crippen molar-refractivity contribution in [1.29, 1.82) is 0 Å². The summed E-state index contributed by atoms with van der Waals surface area (Å²) in [7, 11) is 1.62. The zero-order valence-corrected chi connectivity index (χ0v) is 19.8. The number of rotatable bonds is 9. The maximum Gasteiger partial charge on any atom is 0.260 e. The number of fused-ring (bicyclic) bond motifs is 1. The number of methoxy groups -OCH3 is 1. The van der Waals surface area contributed by atoms with Crippen LogP contribution in [0.3, 0.4) is 0 Å². The van der Waals surface area contributed by atoms with Gasteiger partial charge in [0.15, 0.2) is 0 Å². The predicted octanol–water partition coefficient (Wildman–Crippen LogP) is 3.64. The first-order chi connectivity index (χ1) is 17.1. The minimum absolute atomic E-state index is 0.0961. The first-order valence-corrected chi connectivity index (χ1v) is 11.8. The Bertz CT molecular complexity index is 1130. The molecule has 3 aromatic carbocycles. The van der Waals surface area contributed by atoms with Crippen molar-refractivity contribution >= 4 is 17.5 Å². The number of nitrogens with one attached hydrogen (secondary N) is 2. The van der Waals surface area contributed by atoms with Gasteiger partial charge in [-0.2, -0.15) is 0 Å². The number of amides is 2. The van der Waals surface area contributed by atoms with Gasteiger partial charge in [-0.1, -0.05) is 60.7 Å². The lowest BCUT2D eigenvalue weighted by atomic mass is 10.0. The smallest absolute Gasteiger partial charge is 0.260 e. The number of ether oxygens (including phenoxy) is 1. The Balaban J connectivity index is 1.55. The van der Waals surface area contributed by atoms with Crippen LogP contribution in [0.5, 0.6) is 5.75 Å². The van der Waals surface area contributed by atoms with Crippen LogP contribution in [-0.2, 0) is 29.0 Å². The summed E-state index contributed by atoms with van der Waals surface area (Å²) in [6, 6.07) is 24.1. The Morgan fingerprint density at radius 3 is 2.46 bits per heavy atom. The van der Waals surface area contributed by atoms with Gasteiger partial charge in [0, 0.05) is 5.69 Å². The molecule has 3 N–H and O–H groups in total. The van der Waals surface area contributed by atoms with Crippen molar-refractivity contribution in [3.8, 4) is 5.75 Å². The van der Waals surface area contributed by atoms with Crippen molar-refractivity contribution in [3.05, 3.63) is 95.6 Å². The van der Waals surface area contributed by atoms with Crippen LogP contribution >= 0.6 is 0 Å². The van der Waals surface area contributed by atoms with E-state index in [0.29, 0.717) is 32.2 Å². The summed E-state index contributed by atoms with van der Waals surface area (Å²) in [4.78, 5) is 28.1. The predicted molar refractivity (Wildman–Crippen MR) is 134 cm³/mol. The van der Waals surface area contributed by atoms with Crippen LogP contribution in [-0.4, -0.2) is 36.2 Å². The fourth-order valence-electron chi connectivity index (χ4n) is 4.51. The molecule has 0 spiro atoms. The van der Waals surface area contributed by atoms with E-state index < -0.39 is 18.0 Å². The van der Waals surface area contributed by atoms with Crippen LogP contribution in [0.15, 0.2) is 78.9 Å². The molecule has 1 heterocycles. The van der Waals surface area contributed by atoms with Gasteiger partial charge in [0.05, 0.1) is 25.7 Å². The maximum absolute atomic E-state index is 13.8. The molecule has 2 atom stereocenters. The van der Waals surface area contributed by atoms with Crippen LogP contribution in [0.1, 0.15) is 29.5 Å². The Labute approximate surface area is 205 Å². The lowest BCUT2D eigenvalue weighted by Crippen LogP contribution is -2.53. The van der Waals surface area contributed by atoms with E-state index in [1.807, 2.05) is 78.9 Å². The van der Waals surface area contributed by atoms with Crippen LogP contribution in [0.4, 0.5) is 5.69 Å². The lowest BCUT2D eigenvalue weighted by Gasteiger charge is -2.28. The van der Waals surface area contributed by atoms with Crippen molar-refractivity contribution in [2.75, 3.05) is 12.0 Å². The molecule has 0 aromatic heterocycles. The molecular formula is C28H31N3O4. The van der Waals surface area contributed by atoms with Gasteiger partial charge < -0.3 is 9.64 Å². The summed E-state index contributed by atoms with van der Waals surface area (Å²) in [6.07, 6.45) is 2.34. The normalized spacial score (nSPS) is 16.2. The molecule has 2 amide bonds. The molecule has 3 aromatic rings. The number of nitrogens with zero attached hydrogens (tertiary/aromatic N) is 1. The number of hydrogen-bond acceptors (Lipinski definition) is 5. The fourth-order valence-corrected chi connectivity index (χ4v) is 4.51. The summed E-state index contributed by atoms with van der Waals surface area (Å²) >= 11 is 0. The molecule has 7 heteroatoms. The minimum atomic E-state index is -0.710. The van der Waals surface area contributed by atoms with Crippen molar-refractivity contribution in [3.63, 3.8) is 0 Å². The van der Waals surface area contributed by atoms with Crippen molar-refractivity contribution in [1.82, 2.24) is 10.8 Å². The monoisotopic (exact) mass is 473 g/mol. The SMILES string of the molecule is COc1ccc(CN2C(=O)C(N[C@@H](CCc3ccccc3)C(=O)NO)CCc3ccccc32)cc1. The third-order valence-corrected chi connectivity index (χ3v) is 6.44. The van der Waals surface area contributed by atoms with E-state index in [1.54, 1.807) is 17.5 Å². The number of aryl methyl sites for hydroxylation is 2. The average molecular weight is 474 g/mol. The van der Waals surface area contributed by atoms with Gasteiger partial charge >= 0.3 is 0 Å². The maximum atomic E-state index is 13.8. The highest BCUT2D eigenvalue weighted by atomic mass is 16.5. The third-order valence-electron chi connectivity index (χ3n) is 6.44. The quantitative estimate of drug-likeness (QED) is 0.326. The number of hydroxylamine groups is 1. The molecule has 182 valence electrons. The van der Waals surface area contributed by atoms with Crippen LogP contribution in [0, 0.1) is 0 Å². The molecule has 0 saturated carbocycles. The largest absolute Gasteiger partial charge is 0.497 e. The standard InChI is InChI=1S/C28H31N3O4/c1-35-23-15-11-21(12-16-23)19-31-26-10-6-5-9-22(26)14-18-25(28(31)33)29-24(27(32)30-34)17-13-20-7-3-2-4-8-20/h2-12,15-16,24-25,29,34H,13-14,17-19H2,1H3,(H,30,32)/t24-,25?/m0/s1. The van der Waals surface area contributed by atoms with E-state index in [9.17, 15) is 14.8 Å². The number of benzene rings is 3. The molecule has 4 rings (SSSR count). The number of anilines is 1. The van der Waals surface area contributed by atoms with Crippen molar-refractivity contribution in [2.45, 2.75) is 44.3 Å². The Kier molecular flexibility index (Phi) is 8.13. The number of carbonyl (C=O) groups is 2. The van der Waals surface area contributed by atoms with Crippen molar-refractivity contribution in [2.24, 2.45) is 0 Å². The van der Waals surface area contributed by atoms with Gasteiger partial charge in [-0.3, -0.25) is 20.1 Å².